The normalized spacial score (nSPS) is 20.3. The molecule has 1 aliphatic heterocycles. The van der Waals surface area contributed by atoms with E-state index in [0.717, 1.165) is 31.4 Å². The molecule has 1 aromatic heterocycles. The molecule has 0 spiro atoms. The van der Waals surface area contributed by atoms with Gasteiger partial charge in [-0.25, -0.2) is 9.78 Å². The molecule has 1 aromatic carbocycles. The van der Waals surface area contributed by atoms with E-state index >= 15 is 0 Å². The summed E-state index contributed by atoms with van der Waals surface area (Å²) >= 11 is 1.78. The maximum atomic E-state index is 12.0. The van der Waals surface area contributed by atoms with E-state index in [0.29, 0.717) is 24.9 Å². The molecule has 2 aromatic rings. The molecule has 0 radical (unpaired) electrons. The smallest absolute Gasteiger partial charge is 0.321 e. The second-order valence-electron chi connectivity index (χ2n) is 7.37. The molecule has 3 N–H and O–H groups in total. The van der Waals surface area contributed by atoms with E-state index in [9.17, 15) is 9.59 Å². The average Bonchev–Trinajstić information content (AvgIpc) is 3.04. The molecule has 1 fully saturated rings. The lowest BCUT2D eigenvalue weighted by molar-refractivity contribution is -0.897. The zero-order chi connectivity index (χ0) is 18.5. The molecule has 0 unspecified atom stereocenters. The number of nitrogens with zero attached hydrogens (tertiary/aromatic N) is 1. The monoisotopic (exact) mass is 375 g/mol. The van der Waals surface area contributed by atoms with E-state index < -0.39 is 6.03 Å². The zero-order valence-electron chi connectivity index (χ0n) is 15.4. The quantitative estimate of drug-likeness (QED) is 0.742. The van der Waals surface area contributed by atoms with Crippen LogP contribution in [-0.4, -0.2) is 43.1 Å². The van der Waals surface area contributed by atoms with Gasteiger partial charge in [0.05, 0.1) is 28.3 Å². The highest BCUT2D eigenvalue weighted by Crippen LogP contribution is 2.31. The van der Waals surface area contributed by atoms with Crippen molar-refractivity contribution < 1.29 is 14.5 Å². The maximum Gasteiger partial charge on any atom is 0.321 e. The number of aromatic nitrogens is 1. The summed E-state index contributed by atoms with van der Waals surface area (Å²) in [4.78, 5) is 29.7. The summed E-state index contributed by atoms with van der Waals surface area (Å²) in [5, 5.41) is 6.34. The van der Waals surface area contributed by atoms with E-state index in [1.54, 1.807) is 11.3 Å². The molecule has 1 aliphatic rings. The van der Waals surface area contributed by atoms with Crippen LogP contribution in [0.5, 0.6) is 0 Å². The Morgan fingerprint density at radius 3 is 2.69 bits per heavy atom. The fourth-order valence-corrected chi connectivity index (χ4v) is 4.39. The largest absolute Gasteiger partial charge is 0.338 e. The highest BCUT2D eigenvalue weighted by Gasteiger charge is 2.27. The van der Waals surface area contributed by atoms with Gasteiger partial charge in [-0.15, -0.1) is 11.3 Å². The SMILES string of the molecule is CC(C)CNC(=O)NC(=O)C[NH+]1CCC(c2nc3ccccc3s2)CC1. The van der Waals surface area contributed by atoms with Crippen LogP contribution in [0.2, 0.25) is 0 Å². The molecular formula is C19H27N4O2S+. The van der Waals surface area contributed by atoms with Gasteiger partial charge in [-0.2, -0.15) is 0 Å². The van der Waals surface area contributed by atoms with Crippen LogP contribution in [0, 0.1) is 5.92 Å². The van der Waals surface area contributed by atoms with Crippen LogP contribution < -0.4 is 15.5 Å². The van der Waals surface area contributed by atoms with Crippen molar-refractivity contribution in [3.05, 3.63) is 29.3 Å². The second kappa shape index (κ2) is 8.60. The third-order valence-electron chi connectivity index (χ3n) is 4.69. The Labute approximate surface area is 158 Å². The van der Waals surface area contributed by atoms with Gasteiger partial charge in [0.1, 0.15) is 0 Å². The summed E-state index contributed by atoms with van der Waals surface area (Å²) < 4.78 is 1.24. The van der Waals surface area contributed by atoms with Gasteiger partial charge in [-0.1, -0.05) is 26.0 Å². The molecule has 3 amide bonds. The van der Waals surface area contributed by atoms with Crippen LogP contribution in [0.3, 0.4) is 0 Å². The van der Waals surface area contributed by atoms with Crippen LogP contribution >= 0.6 is 11.3 Å². The number of amides is 3. The highest BCUT2D eigenvalue weighted by atomic mass is 32.1. The van der Waals surface area contributed by atoms with Gasteiger partial charge in [0, 0.05) is 25.3 Å². The van der Waals surface area contributed by atoms with Crippen LogP contribution in [0.1, 0.15) is 37.6 Å². The van der Waals surface area contributed by atoms with E-state index in [4.69, 9.17) is 4.98 Å². The van der Waals surface area contributed by atoms with Crippen molar-refractivity contribution in [1.82, 2.24) is 15.6 Å². The number of urea groups is 1. The van der Waals surface area contributed by atoms with Crippen molar-refractivity contribution in [3.63, 3.8) is 0 Å². The topological polar surface area (TPSA) is 75.5 Å². The lowest BCUT2D eigenvalue weighted by atomic mass is 9.97. The van der Waals surface area contributed by atoms with E-state index in [1.165, 1.54) is 14.6 Å². The van der Waals surface area contributed by atoms with Crippen LogP contribution in [0.4, 0.5) is 4.79 Å². The number of hydrogen-bond acceptors (Lipinski definition) is 4. The number of likely N-dealkylation sites (tertiary alicyclic amines) is 1. The minimum absolute atomic E-state index is 0.209. The first-order chi connectivity index (χ1) is 12.5. The fraction of sp³-hybridized carbons (Fsp3) is 0.526. The Balaban J connectivity index is 1.44. The first-order valence-electron chi connectivity index (χ1n) is 9.28. The summed E-state index contributed by atoms with van der Waals surface area (Å²) in [5.74, 6) is 0.635. The van der Waals surface area contributed by atoms with Crippen LogP contribution in [0.15, 0.2) is 24.3 Å². The number of carbonyl (C=O) groups is 2. The predicted molar refractivity (Wildman–Crippen MR) is 104 cm³/mol. The van der Waals surface area contributed by atoms with E-state index in [2.05, 4.69) is 22.8 Å². The number of nitrogens with one attached hydrogen (secondary N) is 3. The highest BCUT2D eigenvalue weighted by molar-refractivity contribution is 7.18. The number of para-hydroxylation sites is 1. The van der Waals surface area contributed by atoms with E-state index in [-0.39, 0.29) is 5.91 Å². The molecule has 6 nitrogen and oxygen atoms in total. The number of hydrogen-bond donors (Lipinski definition) is 3. The summed E-state index contributed by atoms with van der Waals surface area (Å²) in [6.45, 7) is 6.81. The molecule has 1 saturated heterocycles. The van der Waals surface area contributed by atoms with Crippen LogP contribution in [-0.2, 0) is 4.79 Å². The summed E-state index contributed by atoms with van der Waals surface area (Å²) in [7, 11) is 0. The predicted octanol–water partition coefficient (Wildman–Crippen LogP) is 1.54. The molecule has 0 bridgehead atoms. The Kier molecular flexibility index (Phi) is 6.21. The third kappa shape index (κ3) is 5.02. The Morgan fingerprint density at radius 2 is 2.00 bits per heavy atom. The molecule has 26 heavy (non-hydrogen) atoms. The Hall–Kier alpha value is -1.99. The number of benzene rings is 1. The first kappa shape index (κ1) is 18.8. The molecule has 7 heteroatoms. The third-order valence-corrected chi connectivity index (χ3v) is 5.89. The maximum absolute atomic E-state index is 12.0. The lowest BCUT2D eigenvalue weighted by Gasteiger charge is -2.27. The van der Waals surface area contributed by atoms with Crippen molar-refractivity contribution in [2.24, 2.45) is 5.92 Å². The fourth-order valence-electron chi connectivity index (χ4n) is 3.25. The standard InChI is InChI=1S/C19H26N4O2S/c1-13(2)11-20-19(25)22-17(24)12-23-9-7-14(8-10-23)18-21-15-5-3-4-6-16(15)26-18/h3-6,13-14H,7-12H2,1-2H3,(H2,20,22,24,25)/p+1. The number of piperidine rings is 1. The molecule has 0 atom stereocenters. The van der Waals surface area contributed by atoms with Gasteiger partial charge < -0.3 is 10.2 Å². The van der Waals surface area contributed by atoms with Crippen molar-refractivity contribution in [1.29, 1.82) is 0 Å². The van der Waals surface area contributed by atoms with Gasteiger partial charge in [0.2, 0.25) is 0 Å². The van der Waals surface area contributed by atoms with Crippen molar-refractivity contribution in [3.8, 4) is 0 Å². The molecule has 3 rings (SSSR count). The van der Waals surface area contributed by atoms with Crippen molar-refractivity contribution >= 4 is 33.5 Å². The van der Waals surface area contributed by atoms with Crippen LogP contribution in [0.25, 0.3) is 10.2 Å². The average molecular weight is 376 g/mol. The molecular weight excluding hydrogens is 348 g/mol. The number of rotatable bonds is 5. The lowest BCUT2D eigenvalue weighted by Crippen LogP contribution is -3.14. The van der Waals surface area contributed by atoms with Gasteiger partial charge >= 0.3 is 6.03 Å². The number of fused-ring (bicyclic) bond motifs is 1. The van der Waals surface area contributed by atoms with Gasteiger partial charge in [-0.05, 0) is 18.1 Å². The molecule has 0 aliphatic carbocycles. The summed E-state index contributed by atoms with van der Waals surface area (Å²) in [5.41, 5.74) is 1.08. The first-order valence-corrected chi connectivity index (χ1v) is 10.1. The summed E-state index contributed by atoms with van der Waals surface area (Å²) in [6.07, 6.45) is 2.06. The molecule has 2 heterocycles. The number of imide groups is 1. The van der Waals surface area contributed by atoms with Gasteiger partial charge in [-0.3, -0.25) is 10.1 Å². The number of carbonyl (C=O) groups excluding carboxylic acids is 2. The Bertz CT molecular complexity index is 733. The van der Waals surface area contributed by atoms with Gasteiger partial charge in [0.15, 0.2) is 6.54 Å². The minimum atomic E-state index is -0.396. The number of quaternary nitrogens is 1. The second-order valence-corrected chi connectivity index (χ2v) is 8.44. The number of thiazole rings is 1. The van der Waals surface area contributed by atoms with E-state index in [1.807, 2.05) is 26.0 Å². The summed E-state index contributed by atoms with van der Waals surface area (Å²) in [6, 6.07) is 7.85. The molecule has 0 saturated carbocycles. The zero-order valence-corrected chi connectivity index (χ0v) is 16.2. The molecule has 140 valence electrons. The minimum Gasteiger partial charge on any atom is -0.338 e. The van der Waals surface area contributed by atoms with Crippen molar-refractivity contribution in [2.45, 2.75) is 32.6 Å². The Morgan fingerprint density at radius 1 is 1.27 bits per heavy atom. The van der Waals surface area contributed by atoms with Gasteiger partial charge in [0.25, 0.3) is 5.91 Å². The van der Waals surface area contributed by atoms with Crippen molar-refractivity contribution in [2.75, 3.05) is 26.2 Å².